The van der Waals surface area contributed by atoms with Gasteiger partial charge in [-0.1, -0.05) is 38.1 Å². The summed E-state index contributed by atoms with van der Waals surface area (Å²) in [4.78, 5) is 4.43. The fraction of sp³-hybridized carbons (Fsp3) is 0.471. The first-order chi connectivity index (χ1) is 9.24. The molecule has 2 nitrogen and oxygen atoms in total. The maximum Gasteiger partial charge on any atom is 0.100 e. The number of allylic oxidation sites excluding steroid dienone is 2. The van der Waals surface area contributed by atoms with Crippen molar-refractivity contribution in [3.8, 4) is 0 Å². The maximum absolute atomic E-state index is 6.27. The zero-order chi connectivity index (χ0) is 13.2. The van der Waals surface area contributed by atoms with E-state index in [0.717, 1.165) is 12.1 Å². The van der Waals surface area contributed by atoms with Gasteiger partial charge in [-0.05, 0) is 36.5 Å². The molecule has 2 heteroatoms. The largest absolute Gasteiger partial charge is 0.364 e. The van der Waals surface area contributed by atoms with E-state index in [-0.39, 0.29) is 12.2 Å². The van der Waals surface area contributed by atoms with Crippen molar-refractivity contribution in [3.63, 3.8) is 0 Å². The molecule has 1 aromatic heterocycles. The number of hydrogen-bond donors (Lipinski definition) is 0. The molecule has 100 valence electrons. The Kier molecular flexibility index (Phi) is 3.52. The van der Waals surface area contributed by atoms with Crippen LogP contribution in [0.1, 0.15) is 38.5 Å². The van der Waals surface area contributed by atoms with E-state index in [1.54, 1.807) is 0 Å². The molecule has 0 saturated carbocycles. The van der Waals surface area contributed by atoms with Gasteiger partial charge in [0.05, 0.1) is 11.8 Å². The fourth-order valence-electron chi connectivity index (χ4n) is 2.88. The first kappa shape index (κ1) is 12.6. The van der Waals surface area contributed by atoms with E-state index in [9.17, 15) is 0 Å². The highest BCUT2D eigenvalue weighted by Gasteiger charge is 2.31. The van der Waals surface area contributed by atoms with Gasteiger partial charge in [0.15, 0.2) is 0 Å². The summed E-state index contributed by atoms with van der Waals surface area (Å²) in [5.74, 6) is 1.11. The molecule has 3 rings (SSSR count). The van der Waals surface area contributed by atoms with Gasteiger partial charge < -0.3 is 4.74 Å². The van der Waals surface area contributed by atoms with Gasteiger partial charge in [-0.3, -0.25) is 4.98 Å². The second kappa shape index (κ2) is 5.30. The van der Waals surface area contributed by atoms with Gasteiger partial charge in [-0.15, -0.1) is 0 Å². The third-order valence-electron chi connectivity index (χ3n) is 4.08. The molecule has 0 N–H and O–H groups in total. The molecule has 1 saturated heterocycles. The zero-order valence-corrected chi connectivity index (χ0v) is 11.6. The van der Waals surface area contributed by atoms with E-state index < -0.39 is 0 Å². The van der Waals surface area contributed by atoms with Crippen molar-refractivity contribution < 1.29 is 4.74 Å². The molecule has 2 heterocycles. The predicted octanol–water partition coefficient (Wildman–Crippen LogP) is 4.07. The summed E-state index contributed by atoms with van der Waals surface area (Å²) in [6.45, 7) is 4.46. The predicted molar refractivity (Wildman–Crippen MR) is 76.6 cm³/mol. The monoisotopic (exact) mass is 255 g/mol. The molecule has 0 bridgehead atoms. The maximum atomic E-state index is 6.27. The molecule has 0 aromatic carbocycles. The lowest BCUT2D eigenvalue weighted by Crippen LogP contribution is -2.31. The summed E-state index contributed by atoms with van der Waals surface area (Å²) in [7, 11) is 0. The van der Waals surface area contributed by atoms with E-state index in [2.05, 4.69) is 43.1 Å². The third kappa shape index (κ3) is 2.64. The van der Waals surface area contributed by atoms with Crippen LogP contribution in [0.3, 0.4) is 0 Å². The molecule has 1 aliphatic carbocycles. The highest BCUT2D eigenvalue weighted by molar-refractivity contribution is 5.29. The molecule has 1 aliphatic heterocycles. The molecule has 19 heavy (non-hydrogen) atoms. The van der Waals surface area contributed by atoms with Gasteiger partial charge in [-0.2, -0.15) is 0 Å². The van der Waals surface area contributed by atoms with E-state index in [1.807, 2.05) is 18.3 Å². The van der Waals surface area contributed by atoms with Gasteiger partial charge in [0, 0.05) is 12.1 Å². The van der Waals surface area contributed by atoms with Crippen molar-refractivity contribution in [3.05, 3.63) is 53.9 Å². The first-order valence-electron chi connectivity index (χ1n) is 7.20. The minimum Gasteiger partial charge on any atom is -0.364 e. The van der Waals surface area contributed by atoms with Crippen LogP contribution in [0, 0.1) is 11.8 Å². The van der Waals surface area contributed by atoms with Crippen LogP contribution in [-0.2, 0) is 4.74 Å². The molecule has 1 aromatic rings. The van der Waals surface area contributed by atoms with Crippen LogP contribution >= 0.6 is 0 Å². The van der Waals surface area contributed by atoms with Crippen LogP contribution < -0.4 is 0 Å². The van der Waals surface area contributed by atoms with Gasteiger partial charge in [0.1, 0.15) is 6.10 Å². The smallest absolute Gasteiger partial charge is 0.100 e. The number of rotatable bonds is 2. The van der Waals surface area contributed by atoms with Crippen LogP contribution in [-0.4, -0.2) is 11.1 Å². The highest BCUT2D eigenvalue weighted by Crippen LogP contribution is 2.38. The number of ether oxygens (including phenoxy) is 1. The van der Waals surface area contributed by atoms with Crippen molar-refractivity contribution in [1.29, 1.82) is 0 Å². The van der Waals surface area contributed by atoms with Gasteiger partial charge >= 0.3 is 0 Å². The van der Waals surface area contributed by atoms with Gasteiger partial charge in [0.25, 0.3) is 0 Å². The Hall–Kier alpha value is -1.41. The second-order valence-corrected chi connectivity index (χ2v) is 5.77. The number of hydrogen-bond acceptors (Lipinski definition) is 2. The Morgan fingerprint density at radius 1 is 1.26 bits per heavy atom. The van der Waals surface area contributed by atoms with E-state index in [4.69, 9.17) is 4.74 Å². The lowest BCUT2D eigenvalue weighted by atomic mass is 9.83. The van der Waals surface area contributed by atoms with Crippen molar-refractivity contribution in [2.45, 2.75) is 38.9 Å². The van der Waals surface area contributed by atoms with Crippen LogP contribution in [0.5, 0.6) is 0 Å². The third-order valence-corrected chi connectivity index (χ3v) is 4.08. The van der Waals surface area contributed by atoms with Crippen LogP contribution in [0.15, 0.2) is 48.2 Å². The summed E-state index contributed by atoms with van der Waals surface area (Å²) in [5.41, 5.74) is 2.46. The highest BCUT2D eigenvalue weighted by atomic mass is 16.5. The number of fused-ring (bicyclic) bond motifs is 1. The Morgan fingerprint density at radius 3 is 2.89 bits per heavy atom. The zero-order valence-electron chi connectivity index (χ0n) is 11.6. The normalized spacial score (nSPS) is 30.1. The average molecular weight is 255 g/mol. The molecule has 0 spiro atoms. The molecule has 3 unspecified atom stereocenters. The molecule has 0 amide bonds. The standard InChI is InChI=1S/C17H21NO/c1-12(2)14-7-6-13-8-9-16(19-17(13)11-14)15-5-3-4-10-18-15/h3-7,10-13,16-17H,8-9H2,1-2H3. The van der Waals surface area contributed by atoms with Crippen LogP contribution in [0.25, 0.3) is 0 Å². The van der Waals surface area contributed by atoms with Crippen LogP contribution in [0.2, 0.25) is 0 Å². The van der Waals surface area contributed by atoms with E-state index in [1.165, 1.54) is 12.0 Å². The summed E-state index contributed by atoms with van der Waals surface area (Å²) in [6.07, 6.45) is 11.4. The van der Waals surface area contributed by atoms with Gasteiger partial charge in [0.2, 0.25) is 0 Å². The molecule has 2 aliphatic rings. The molecule has 1 fully saturated rings. The number of aromatic nitrogens is 1. The average Bonchev–Trinajstić information content (AvgIpc) is 2.47. The minimum atomic E-state index is 0.151. The Morgan fingerprint density at radius 2 is 2.16 bits per heavy atom. The summed E-state index contributed by atoms with van der Waals surface area (Å²) in [5, 5.41) is 0. The SMILES string of the molecule is CC(C)C1=CC2OC(c3ccccn3)CCC2C=C1. The molecular formula is C17H21NO. The second-order valence-electron chi connectivity index (χ2n) is 5.77. The van der Waals surface area contributed by atoms with Crippen molar-refractivity contribution in [2.24, 2.45) is 11.8 Å². The Bertz CT molecular complexity index is 489. The fourth-order valence-corrected chi connectivity index (χ4v) is 2.88. The lowest BCUT2D eigenvalue weighted by molar-refractivity contribution is -0.0516. The molecule has 3 atom stereocenters. The first-order valence-corrected chi connectivity index (χ1v) is 7.20. The molecular weight excluding hydrogens is 234 g/mol. The topological polar surface area (TPSA) is 22.1 Å². The van der Waals surface area contributed by atoms with E-state index >= 15 is 0 Å². The minimum absolute atomic E-state index is 0.151. The lowest BCUT2D eigenvalue weighted by Gasteiger charge is -2.36. The summed E-state index contributed by atoms with van der Waals surface area (Å²) >= 11 is 0. The van der Waals surface area contributed by atoms with Crippen molar-refractivity contribution in [2.75, 3.05) is 0 Å². The molecule has 0 radical (unpaired) electrons. The van der Waals surface area contributed by atoms with Crippen molar-refractivity contribution in [1.82, 2.24) is 4.98 Å². The van der Waals surface area contributed by atoms with Crippen molar-refractivity contribution >= 4 is 0 Å². The Labute approximate surface area is 115 Å². The van der Waals surface area contributed by atoms with E-state index in [0.29, 0.717) is 11.8 Å². The Balaban J connectivity index is 1.77. The number of nitrogens with zero attached hydrogens (tertiary/aromatic N) is 1. The van der Waals surface area contributed by atoms with Crippen LogP contribution in [0.4, 0.5) is 0 Å². The number of pyridine rings is 1. The quantitative estimate of drug-likeness (QED) is 0.794. The summed E-state index contributed by atoms with van der Waals surface area (Å²) < 4.78 is 6.27. The van der Waals surface area contributed by atoms with Gasteiger partial charge in [-0.25, -0.2) is 0 Å². The summed E-state index contributed by atoms with van der Waals surface area (Å²) in [6, 6.07) is 6.06.